The Morgan fingerprint density at radius 3 is 1.80 bits per heavy atom. The SMILES string of the molecule is CCC(C)(C)c1ccc([PH](O)(O)O)c(C(C)(C)CC)c1. The van der Waals surface area contributed by atoms with Crippen molar-refractivity contribution in [1.82, 2.24) is 0 Å². The van der Waals surface area contributed by atoms with Gasteiger partial charge in [0.25, 0.3) is 0 Å². The molecule has 0 aliphatic heterocycles. The van der Waals surface area contributed by atoms with E-state index in [4.69, 9.17) is 0 Å². The molecule has 1 aromatic rings. The van der Waals surface area contributed by atoms with Crippen LogP contribution in [-0.2, 0) is 10.8 Å². The van der Waals surface area contributed by atoms with Gasteiger partial charge in [-0.15, -0.1) is 0 Å². The van der Waals surface area contributed by atoms with Crippen molar-refractivity contribution >= 4 is 13.2 Å². The van der Waals surface area contributed by atoms with Gasteiger partial charge in [-0.2, -0.15) is 0 Å². The van der Waals surface area contributed by atoms with E-state index in [2.05, 4.69) is 41.5 Å². The van der Waals surface area contributed by atoms with E-state index >= 15 is 0 Å². The van der Waals surface area contributed by atoms with Gasteiger partial charge < -0.3 is 0 Å². The van der Waals surface area contributed by atoms with Gasteiger partial charge >= 0.3 is 122 Å². The van der Waals surface area contributed by atoms with Gasteiger partial charge in [-0.05, 0) is 0 Å². The molecule has 0 bridgehead atoms. The summed E-state index contributed by atoms with van der Waals surface area (Å²) in [7, 11) is -4.30. The van der Waals surface area contributed by atoms with Crippen molar-refractivity contribution < 1.29 is 14.7 Å². The predicted octanol–water partition coefficient (Wildman–Crippen LogP) is 3.16. The van der Waals surface area contributed by atoms with Gasteiger partial charge in [-0.3, -0.25) is 0 Å². The standard InChI is InChI=1S/C16H29O3P/c1-7-15(3,4)12-9-10-14(20(17,18)19)13(11-12)16(5,6)8-2/h9-11,17-20H,7-8H2,1-6H3. The minimum absolute atomic E-state index is 0.0294. The van der Waals surface area contributed by atoms with E-state index in [1.165, 1.54) is 5.56 Å². The zero-order valence-electron chi connectivity index (χ0n) is 13.5. The van der Waals surface area contributed by atoms with Gasteiger partial charge in [0.1, 0.15) is 0 Å². The summed E-state index contributed by atoms with van der Waals surface area (Å²) in [6.45, 7) is 12.7. The molecule has 0 aromatic heterocycles. The van der Waals surface area contributed by atoms with Crippen LogP contribution in [0.3, 0.4) is 0 Å². The molecule has 1 aromatic carbocycles. The van der Waals surface area contributed by atoms with Crippen LogP contribution in [-0.4, -0.2) is 14.7 Å². The maximum atomic E-state index is 9.73. The first-order valence-electron chi connectivity index (χ1n) is 7.28. The molecule has 3 N–H and O–H groups in total. The molecule has 3 nitrogen and oxygen atoms in total. The van der Waals surface area contributed by atoms with Crippen molar-refractivity contribution in [3.05, 3.63) is 29.3 Å². The Labute approximate surface area is 123 Å². The van der Waals surface area contributed by atoms with Crippen LogP contribution in [0.15, 0.2) is 18.2 Å². The summed E-state index contributed by atoms with van der Waals surface area (Å²) < 4.78 is 0. The van der Waals surface area contributed by atoms with Gasteiger partial charge in [0.2, 0.25) is 0 Å². The molecule has 116 valence electrons. The molecule has 0 spiro atoms. The van der Waals surface area contributed by atoms with Crippen LogP contribution in [0.1, 0.15) is 65.5 Å². The molecule has 0 amide bonds. The molecule has 0 heterocycles. The Balaban J connectivity index is 3.53. The summed E-state index contributed by atoms with van der Waals surface area (Å²) in [5.41, 5.74) is 1.83. The summed E-state index contributed by atoms with van der Waals surface area (Å²) >= 11 is 0. The number of benzene rings is 1. The molecule has 20 heavy (non-hydrogen) atoms. The van der Waals surface area contributed by atoms with E-state index < -0.39 is 7.94 Å². The van der Waals surface area contributed by atoms with Crippen molar-refractivity contribution in [2.24, 2.45) is 0 Å². The average molecular weight is 300 g/mol. The summed E-state index contributed by atoms with van der Waals surface area (Å²) in [4.78, 5) is 29.2. The molecule has 0 aliphatic rings. The summed E-state index contributed by atoms with van der Waals surface area (Å²) in [5.74, 6) is 0. The van der Waals surface area contributed by atoms with Crippen LogP contribution < -0.4 is 5.30 Å². The van der Waals surface area contributed by atoms with Gasteiger partial charge in [-0.25, -0.2) is 0 Å². The van der Waals surface area contributed by atoms with Crippen molar-refractivity contribution in [3.63, 3.8) is 0 Å². The summed E-state index contributed by atoms with van der Waals surface area (Å²) in [6, 6.07) is 5.62. The van der Waals surface area contributed by atoms with E-state index in [1.54, 1.807) is 6.07 Å². The third-order valence-corrected chi connectivity index (χ3v) is 5.82. The first kappa shape index (κ1) is 17.6. The Morgan fingerprint density at radius 2 is 1.40 bits per heavy atom. The van der Waals surface area contributed by atoms with Crippen molar-refractivity contribution in [2.75, 3.05) is 0 Å². The third kappa shape index (κ3) is 3.59. The summed E-state index contributed by atoms with van der Waals surface area (Å²) in [5, 5.41) is 0.306. The first-order chi connectivity index (χ1) is 8.95. The summed E-state index contributed by atoms with van der Waals surface area (Å²) in [6.07, 6.45) is 1.86. The predicted molar refractivity (Wildman–Crippen MR) is 87.7 cm³/mol. The quantitative estimate of drug-likeness (QED) is 0.732. The third-order valence-electron chi connectivity index (χ3n) is 4.66. The monoisotopic (exact) mass is 300 g/mol. The number of rotatable bonds is 5. The van der Waals surface area contributed by atoms with Crippen LogP contribution in [0.4, 0.5) is 0 Å². The molecule has 0 unspecified atom stereocenters. The van der Waals surface area contributed by atoms with Crippen LogP contribution >= 0.6 is 7.94 Å². The molecule has 0 saturated carbocycles. The van der Waals surface area contributed by atoms with Crippen molar-refractivity contribution in [2.45, 2.75) is 65.2 Å². The van der Waals surface area contributed by atoms with Crippen LogP contribution in [0.25, 0.3) is 0 Å². The number of hydrogen-bond donors (Lipinski definition) is 3. The van der Waals surface area contributed by atoms with Gasteiger partial charge in [0, 0.05) is 0 Å². The van der Waals surface area contributed by atoms with E-state index in [-0.39, 0.29) is 10.8 Å². The van der Waals surface area contributed by atoms with E-state index in [1.807, 2.05) is 12.1 Å². The zero-order chi connectivity index (χ0) is 15.8. The van der Waals surface area contributed by atoms with Gasteiger partial charge in [-0.1, -0.05) is 0 Å². The second kappa shape index (κ2) is 5.73. The van der Waals surface area contributed by atoms with E-state index in [0.717, 1.165) is 18.4 Å². The normalized spacial score (nSPS) is 14.4. The molecule has 0 atom stereocenters. The van der Waals surface area contributed by atoms with Crippen LogP contribution in [0, 0.1) is 0 Å². The fourth-order valence-corrected chi connectivity index (χ4v) is 3.29. The molecule has 0 radical (unpaired) electrons. The Bertz CT molecular complexity index is 473. The minimum atomic E-state index is -4.30. The van der Waals surface area contributed by atoms with Gasteiger partial charge in [0.15, 0.2) is 0 Å². The zero-order valence-corrected chi connectivity index (χ0v) is 14.5. The van der Waals surface area contributed by atoms with Gasteiger partial charge in [0.05, 0.1) is 0 Å². The molecular weight excluding hydrogens is 271 g/mol. The molecule has 0 fully saturated rings. The fourth-order valence-electron chi connectivity index (χ4n) is 2.21. The topological polar surface area (TPSA) is 60.7 Å². The molecule has 0 aliphatic carbocycles. The molecular formula is C16H29O3P. The Hall–Kier alpha value is -0.470. The van der Waals surface area contributed by atoms with Crippen LogP contribution in [0.5, 0.6) is 0 Å². The van der Waals surface area contributed by atoms with Crippen molar-refractivity contribution in [3.8, 4) is 0 Å². The first-order valence-corrected chi connectivity index (χ1v) is 9.12. The van der Waals surface area contributed by atoms with Crippen molar-refractivity contribution in [1.29, 1.82) is 0 Å². The molecule has 0 saturated heterocycles. The van der Waals surface area contributed by atoms with E-state index in [0.29, 0.717) is 5.30 Å². The van der Waals surface area contributed by atoms with Crippen LogP contribution in [0.2, 0.25) is 0 Å². The molecule has 1 rings (SSSR count). The Morgan fingerprint density at radius 1 is 0.900 bits per heavy atom. The van der Waals surface area contributed by atoms with E-state index in [9.17, 15) is 14.7 Å². The molecule has 4 heteroatoms. The number of hydrogen-bond acceptors (Lipinski definition) is 3. The second-order valence-corrected chi connectivity index (χ2v) is 8.68. The fraction of sp³-hybridized carbons (Fsp3) is 0.625. The maximum absolute atomic E-state index is 9.73. The Kier molecular flexibility index (Phi) is 5.04. The second-order valence-electron chi connectivity index (χ2n) is 6.87. The average Bonchev–Trinajstić information content (AvgIpc) is 2.37.